The van der Waals surface area contributed by atoms with Crippen LogP contribution in [0, 0.1) is 11.8 Å². The molecule has 1 fully saturated rings. The number of hydrogen-bond acceptors (Lipinski definition) is 6. The molecule has 1 aromatic rings. The van der Waals surface area contributed by atoms with E-state index < -0.39 is 10.0 Å². The van der Waals surface area contributed by atoms with E-state index in [0.717, 1.165) is 13.1 Å². The van der Waals surface area contributed by atoms with E-state index in [9.17, 15) is 8.42 Å². The van der Waals surface area contributed by atoms with Crippen LogP contribution >= 0.6 is 11.5 Å². The molecular formula is C11H20N4O2S2. The van der Waals surface area contributed by atoms with E-state index in [4.69, 9.17) is 5.73 Å². The Bertz CT molecular complexity index is 557. The number of nitrogens with two attached hydrogens (primary N) is 1. The fraction of sp³-hybridized carbons (Fsp3) is 0.727. The van der Waals surface area contributed by atoms with Crippen molar-refractivity contribution in [2.24, 2.45) is 11.8 Å². The first-order valence-corrected chi connectivity index (χ1v) is 8.39. The van der Waals surface area contributed by atoms with Crippen LogP contribution in [0.3, 0.4) is 0 Å². The van der Waals surface area contributed by atoms with E-state index in [1.807, 2.05) is 0 Å². The molecular weight excluding hydrogens is 284 g/mol. The Kier molecular flexibility index (Phi) is 3.76. The summed E-state index contributed by atoms with van der Waals surface area (Å²) < 4.78 is 29.9. The molecule has 0 amide bonds. The van der Waals surface area contributed by atoms with Crippen molar-refractivity contribution >= 4 is 32.4 Å². The summed E-state index contributed by atoms with van der Waals surface area (Å²) in [7, 11) is -0.542. The summed E-state index contributed by atoms with van der Waals surface area (Å²) >= 11 is 1.17. The van der Waals surface area contributed by atoms with E-state index in [-0.39, 0.29) is 10.7 Å². The summed E-state index contributed by atoms with van der Waals surface area (Å²) in [6.07, 6.45) is 0. The standard InChI is InChI=1S/C11H20N4O2S2/c1-7-5-15(6-8(7)2)11-9(10(12)13-18-11)19(16,17)14(3)4/h7-8H,5-6H2,1-4H3,(H2,12,13). The number of aromatic nitrogens is 1. The molecule has 6 nitrogen and oxygen atoms in total. The zero-order valence-electron chi connectivity index (χ0n) is 11.6. The van der Waals surface area contributed by atoms with E-state index in [1.54, 1.807) is 0 Å². The molecule has 0 spiro atoms. The lowest BCUT2D eigenvalue weighted by molar-refractivity contribution is 0.494. The van der Waals surface area contributed by atoms with Gasteiger partial charge in [-0.2, -0.15) is 4.37 Å². The highest BCUT2D eigenvalue weighted by atomic mass is 32.2. The van der Waals surface area contributed by atoms with Gasteiger partial charge in [0, 0.05) is 27.2 Å². The highest BCUT2D eigenvalue weighted by molar-refractivity contribution is 7.89. The molecule has 0 bridgehead atoms. The van der Waals surface area contributed by atoms with Gasteiger partial charge in [0.1, 0.15) is 5.00 Å². The van der Waals surface area contributed by atoms with Crippen LogP contribution in [0.2, 0.25) is 0 Å². The van der Waals surface area contributed by atoms with Crippen LogP contribution in [0.15, 0.2) is 4.90 Å². The third-order valence-corrected chi connectivity index (χ3v) is 6.60. The molecule has 2 N–H and O–H groups in total. The van der Waals surface area contributed by atoms with Crippen LogP contribution in [0.5, 0.6) is 0 Å². The lowest BCUT2D eigenvalue weighted by Gasteiger charge is -2.19. The number of nitrogen functional groups attached to an aromatic ring is 1. The molecule has 1 aliphatic rings. The molecule has 8 heteroatoms. The fourth-order valence-corrected chi connectivity index (χ4v) is 4.45. The second kappa shape index (κ2) is 4.92. The summed E-state index contributed by atoms with van der Waals surface area (Å²) in [5, 5.41) is 0.669. The van der Waals surface area contributed by atoms with Gasteiger partial charge in [0.25, 0.3) is 0 Å². The maximum absolute atomic E-state index is 12.3. The van der Waals surface area contributed by atoms with E-state index in [0.29, 0.717) is 16.8 Å². The molecule has 0 radical (unpaired) electrons. The highest BCUT2D eigenvalue weighted by Gasteiger charge is 2.34. The van der Waals surface area contributed by atoms with Gasteiger partial charge in [-0.05, 0) is 23.4 Å². The SMILES string of the molecule is CC1CN(c2snc(N)c2S(=O)(=O)N(C)C)CC1C. The predicted octanol–water partition coefficient (Wildman–Crippen LogP) is 1.07. The second-order valence-corrected chi connectivity index (χ2v) is 8.19. The van der Waals surface area contributed by atoms with Crippen molar-refractivity contribution in [3.63, 3.8) is 0 Å². The lowest BCUT2D eigenvalue weighted by Crippen LogP contribution is -2.26. The molecule has 2 atom stereocenters. The van der Waals surface area contributed by atoms with Crippen molar-refractivity contribution in [2.75, 3.05) is 37.8 Å². The predicted molar refractivity (Wildman–Crippen MR) is 77.9 cm³/mol. The van der Waals surface area contributed by atoms with Gasteiger partial charge < -0.3 is 10.6 Å². The largest absolute Gasteiger partial charge is 0.382 e. The first-order chi connectivity index (χ1) is 8.75. The first-order valence-electron chi connectivity index (χ1n) is 6.17. The number of sulfonamides is 1. The minimum atomic E-state index is -3.55. The quantitative estimate of drug-likeness (QED) is 0.903. The van der Waals surface area contributed by atoms with Crippen LogP contribution in [0.25, 0.3) is 0 Å². The number of anilines is 2. The zero-order chi connectivity index (χ0) is 14.4. The minimum Gasteiger partial charge on any atom is -0.382 e. The van der Waals surface area contributed by atoms with Gasteiger partial charge >= 0.3 is 0 Å². The highest BCUT2D eigenvalue weighted by Crippen LogP contribution is 2.39. The average molecular weight is 304 g/mol. The monoisotopic (exact) mass is 304 g/mol. The fourth-order valence-electron chi connectivity index (χ4n) is 2.21. The third-order valence-electron chi connectivity index (χ3n) is 3.67. The van der Waals surface area contributed by atoms with Crippen molar-refractivity contribution in [3.8, 4) is 0 Å². The Morgan fingerprint density at radius 2 is 1.84 bits per heavy atom. The van der Waals surface area contributed by atoms with Gasteiger partial charge in [-0.3, -0.25) is 0 Å². The number of nitrogens with zero attached hydrogens (tertiary/aromatic N) is 3. The van der Waals surface area contributed by atoms with Crippen LogP contribution < -0.4 is 10.6 Å². The molecule has 108 valence electrons. The van der Waals surface area contributed by atoms with Crippen LogP contribution in [0.4, 0.5) is 10.8 Å². The minimum absolute atomic E-state index is 0.0981. The van der Waals surface area contributed by atoms with Crippen LogP contribution in [0.1, 0.15) is 13.8 Å². The summed E-state index contributed by atoms with van der Waals surface area (Å²) in [6.45, 7) is 6.04. The van der Waals surface area contributed by atoms with Crippen molar-refractivity contribution in [3.05, 3.63) is 0 Å². The normalized spacial score (nSPS) is 24.4. The zero-order valence-corrected chi connectivity index (χ0v) is 13.3. The number of rotatable bonds is 3. The van der Waals surface area contributed by atoms with Crippen LogP contribution in [-0.4, -0.2) is 44.3 Å². The molecule has 2 heterocycles. The lowest BCUT2D eigenvalue weighted by atomic mass is 10.0. The van der Waals surface area contributed by atoms with Gasteiger partial charge in [0.2, 0.25) is 10.0 Å². The van der Waals surface area contributed by atoms with E-state index in [1.165, 1.54) is 29.9 Å². The smallest absolute Gasteiger partial charge is 0.249 e. The number of hydrogen-bond donors (Lipinski definition) is 1. The van der Waals surface area contributed by atoms with Crippen molar-refractivity contribution in [1.82, 2.24) is 8.68 Å². The van der Waals surface area contributed by atoms with Gasteiger partial charge in [-0.25, -0.2) is 12.7 Å². The topological polar surface area (TPSA) is 79.5 Å². The molecule has 0 saturated carbocycles. The molecule has 0 aromatic carbocycles. The van der Waals surface area contributed by atoms with Crippen molar-refractivity contribution in [1.29, 1.82) is 0 Å². The Morgan fingerprint density at radius 1 is 1.32 bits per heavy atom. The van der Waals surface area contributed by atoms with Gasteiger partial charge in [-0.1, -0.05) is 13.8 Å². The Labute approximate surface area is 118 Å². The molecule has 19 heavy (non-hydrogen) atoms. The van der Waals surface area contributed by atoms with Gasteiger partial charge in [0.05, 0.1) is 0 Å². The van der Waals surface area contributed by atoms with Crippen molar-refractivity contribution < 1.29 is 8.42 Å². The Balaban J connectivity index is 2.45. The maximum Gasteiger partial charge on any atom is 0.249 e. The van der Waals surface area contributed by atoms with Gasteiger partial charge in [0.15, 0.2) is 10.7 Å². The van der Waals surface area contributed by atoms with Crippen molar-refractivity contribution in [2.45, 2.75) is 18.7 Å². The maximum atomic E-state index is 12.3. The molecule has 0 aliphatic carbocycles. The second-order valence-electron chi connectivity index (χ2n) is 5.35. The summed E-state index contributed by atoms with van der Waals surface area (Å²) in [5.41, 5.74) is 5.77. The molecule has 2 unspecified atom stereocenters. The molecule has 1 saturated heterocycles. The van der Waals surface area contributed by atoms with E-state index in [2.05, 4.69) is 23.1 Å². The third kappa shape index (κ3) is 2.44. The molecule has 1 aromatic heterocycles. The summed E-state index contributed by atoms with van der Waals surface area (Å²) in [5.74, 6) is 1.18. The van der Waals surface area contributed by atoms with Gasteiger partial charge in [-0.15, -0.1) is 0 Å². The molecule has 1 aliphatic heterocycles. The Morgan fingerprint density at radius 3 is 2.32 bits per heavy atom. The first kappa shape index (κ1) is 14.5. The average Bonchev–Trinajstić information content (AvgIpc) is 2.83. The summed E-state index contributed by atoms with van der Waals surface area (Å²) in [6, 6.07) is 0. The Hall–Kier alpha value is -0.860. The summed E-state index contributed by atoms with van der Waals surface area (Å²) in [4.78, 5) is 2.24. The van der Waals surface area contributed by atoms with Crippen LogP contribution in [-0.2, 0) is 10.0 Å². The molecule has 2 rings (SSSR count). The van der Waals surface area contributed by atoms with E-state index >= 15 is 0 Å².